The van der Waals surface area contributed by atoms with Crippen LogP contribution < -0.4 is 4.90 Å². The molecule has 1 saturated carbocycles. The number of likely N-dealkylation sites (N-methyl/N-ethyl adjacent to an activating group) is 1. The first-order valence-corrected chi connectivity index (χ1v) is 11.0. The standard InChI is InChI=1S/C23H32N2O.C2H6/c1-24(20-13-8-5-9-14-20)18-19-12-10-11-17-22(19)23(26)25(2)21-15-6-3-4-7-16-21;1-2/h3-6,8-9,13-15,19,21-22H,7,10-12,16-18H2,1-2H3;1-2H3. The number of carbonyl (C=O) groups is 1. The van der Waals surface area contributed by atoms with Crippen LogP contribution in [0.15, 0.2) is 54.6 Å². The van der Waals surface area contributed by atoms with Gasteiger partial charge in [-0.05, 0) is 43.7 Å². The van der Waals surface area contributed by atoms with Crippen LogP contribution in [0.5, 0.6) is 0 Å². The molecule has 0 aromatic heterocycles. The Kier molecular flexibility index (Phi) is 9.33. The molecule has 1 aromatic carbocycles. The van der Waals surface area contributed by atoms with Crippen LogP contribution in [0.1, 0.15) is 52.4 Å². The number of anilines is 1. The van der Waals surface area contributed by atoms with E-state index < -0.39 is 0 Å². The van der Waals surface area contributed by atoms with E-state index in [0.717, 1.165) is 32.2 Å². The highest BCUT2D eigenvalue weighted by molar-refractivity contribution is 5.79. The highest BCUT2D eigenvalue weighted by atomic mass is 16.2. The lowest BCUT2D eigenvalue weighted by Crippen LogP contribution is -2.45. The van der Waals surface area contributed by atoms with Gasteiger partial charge in [0.15, 0.2) is 0 Å². The summed E-state index contributed by atoms with van der Waals surface area (Å²) >= 11 is 0. The van der Waals surface area contributed by atoms with E-state index in [9.17, 15) is 4.79 Å². The van der Waals surface area contributed by atoms with Gasteiger partial charge in [-0.2, -0.15) is 0 Å². The van der Waals surface area contributed by atoms with Crippen LogP contribution in [0.4, 0.5) is 5.69 Å². The van der Waals surface area contributed by atoms with Crippen LogP contribution in [0.3, 0.4) is 0 Å². The highest BCUT2D eigenvalue weighted by Gasteiger charge is 2.34. The number of amides is 1. The van der Waals surface area contributed by atoms with Crippen molar-refractivity contribution in [3.05, 3.63) is 54.6 Å². The Balaban J connectivity index is 0.00000136. The quantitative estimate of drug-likeness (QED) is 0.653. The summed E-state index contributed by atoms with van der Waals surface area (Å²) in [5.41, 5.74) is 1.23. The highest BCUT2D eigenvalue weighted by Crippen LogP contribution is 2.33. The monoisotopic (exact) mass is 382 g/mol. The van der Waals surface area contributed by atoms with Crippen molar-refractivity contribution in [2.24, 2.45) is 11.8 Å². The van der Waals surface area contributed by atoms with Gasteiger partial charge in [-0.15, -0.1) is 0 Å². The third-order valence-corrected chi connectivity index (χ3v) is 5.99. The molecule has 0 aliphatic heterocycles. The number of benzene rings is 1. The van der Waals surface area contributed by atoms with Crippen molar-refractivity contribution in [3.63, 3.8) is 0 Å². The smallest absolute Gasteiger partial charge is 0.226 e. The van der Waals surface area contributed by atoms with Gasteiger partial charge in [0.05, 0.1) is 6.04 Å². The van der Waals surface area contributed by atoms with Crippen LogP contribution in [-0.4, -0.2) is 37.5 Å². The molecular weight excluding hydrogens is 344 g/mol. The Morgan fingerprint density at radius 2 is 1.71 bits per heavy atom. The summed E-state index contributed by atoms with van der Waals surface area (Å²) in [5.74, 6) is 0.939. The molecule has 3 unspecified atom stereocenters. The average Bonchev–Trinajstić information content (AvgIpc) is 3.05. The predicted molar refractivity (Wildman–Crippen MR) is 121 cm³/mol. The number of allylic oxidation sites excluding steroid dienone is 3. The Bertz CT molecular complexity index is 637. The minimum Gasteiger partial charge on any atom is -0.374 e. The Morgan fingerprint density at radius 3 is 2.46 bits per heavy atom. The minimum atomic E-state index is 0.157. The topological polar surface area (TPSA) is 23.6 Å². The van der Waals surface area contributed by atoms with Crippen molar-refractivity contribution in [1.82, 2.24) is 4.90 Å². The van der Waals surface area contributed by atoms with Gasteiger partial charge >= 0.3 is 0 Å². The maximum Gasteiger partial charge on any atom is 0.226 e. The first-order chi connectivity index (χ1) is 13.7. The molecule has 3 heteroatoms. The van der Waals surface area contributed by atoms with Gasteiger partial charge in [-0.1, -0.05) is 69.2 Å². The second kappa shape index (κ2) is 11.7. The molecule has 1 aromatic rings. The summed E-state index contributed by atoms with van der Waals surface area (Å²) in [6.07, 6.45) is 15.2. The zero-order valence-electron chi connectivity index (χ0n) is 18.2. The maximum absolute atomic E-state index is 13.3. The van der Waals surface area contributed by atoms with E-state index in [1.807, 2.05) is 31.9 Å². The number of hydrogen-bond donors (Lipinski definition) is 0. The third-order valence-electron chi connectivity index (χ3n) is 5.99. The first-order valence-electron chi connectivity index (χ1n) is 11.0. The molecule has 0 spiro atoms. The average molecular weight is 383 g/mol. The van der Waals surface area contributed by atoms with Crippen LogP contribution >= 0.6 is 0 Å². The van der Waals surface area contributed by atoms with Crippen LogP contribution in [-0.2, 0) is 4.79 Å². The molecule has 1 fully saturated rings. The van der Waals surface area contributed by atoms with Gasteiger partial charge in [-0.25, -0.2) is 0 Å². The minimum absolute atomic E-state index is 0.157. The number of carbonyl (C=O) groups excluding carboxylic acids is 1. The number of rotatable bonds is 5. The zero-order valence-corrected chi connectivity index (χ0v) is 18.2. The van der Waals surface area contributed by atoms with Gasteiger partial charge in [0.1, 0.15) is 0 Å². The summed E-state index contributed by atoms with van der Waals surface area (Å²) in [5, 5.41) is 0. The fourth-order valence-corrected chi connectivity index (χ4v) is 4.37. The van der Waals surface area contributed by atoms with Crippen molar-refractivity contribution in [2.75, 3.05) is 25.5 Å². The molecule has 1 amide bonds. The van der Waals surface area contributed by atoms with Gasteiger partial charge in [0.2, 0.25) is 5.91 Å². The molecule has 28 heavy (non-hydrogen) atoms. The maximum atomic E-state index is 13.3. The second-order valence-corrected chi connectivity index (χ2v) is 7.77. The molecular formula is C25H38N2O. The molecule has 0 radical (unpaired) electrons. The summed E-state index contributed by atoms with van der Waals surface area (Å²) in [4.78, 5) is 17.6. The first kappa shape index (κ1) is 22.3. The summed E-state index contributed by atoms with van der Waals surface area (Å²) < 4.78 is 0. The van der Waals surface area contributed by atoms with Crippen LogP contribution in [0.2, 0.25) is 0 Å². The normalized spacial score (nSPS) is 23.9. The van der Waals surface area contributed by atoms with E-state index in [1.165, 1.54) is 18.5 Å². The fourth-order valence-electron chi connectivity index (χ4n) is 4.37. The molecule has 154 valence electrons. The van der Waals surface area contributed by atoms with Crippen molar-refractivity contribution < 1.29 is 4.79 Å². The van der Waals surface area contributed by atoms with E-state index in [4.69, 9.17) is 0 Å². The van der Waals surface area contributed by atoms with Crippen molar-refractivity contribution >= 4 is 11.6 Å². The van der Waals surface area contributed by atoms with Crippen molar-refractivity contribution in [1.29, 1.82) is 0 Å². The van der Waals surface area contributed by atoms with Gasteiger partial charge < -0.3 is 9.80 Å². The molecule has 3 nitrogen and oxygen atoms in total. The summed E-state index contributed by atoms with van der Waals surface area (Å²) in [6.45, 7) is 4.95. The lowest BCUT2D eigenvalue weighted by molar-refractivity contribution is -0.138. The Hall–Kier alpha value is -2.03. The number of para-hydroxylation sites is 1. The van der Waals surface area contributed by atoms with Crippen LogP contribution in [0, 0.1) is 11.8 Å². The van der Waals surface area contributed by atoms with Crippen molar-refractivity contribution in [3.8, 4) is 0 Å². The fraction of sp³-hybridized carbons (Fsp3) is 0.560. The zero-order chi connectivity index (χ0) is 20.4. The van der Waals surface area contributed by atoms with Gasteiger partial charge in [0.25, 0.3) is 0 Å². The molecule has 2 aliphatic carbocycles. The Labute approximate surface area is 172 Å². The molecule has 3 atom stereocenters. The second-order valence-electron chi connectivity index (χ2n) is 7.77. The van der Waals surface area contributed by atoms with Gasteiger partial charge in [0, 0.05) is 32.2 Å². The lowest BCUT2D eigenvalue weighted by atomic mass is 9.78. The molecule has 2 aliphatic rings. The van der Waals surface area contributed by atoms with E-state index in [2.05, 4.69) is 60.5 Å². The molecule has 3 rings (SSSR count). The predicted octanol–water partition coefficient (Wildman–Crippen LogP) is 5.69. The van der Waals surface area contributed by atoms with E-state index in [0.29, 0.717) is 11.8 Å². The SMILES string of the molecule is CC.CN(CC1CCCCC1C(=O)N(C)C1C=CC=CCC1)c1ccccc1. The van der Waals surface area contributed by atoms with E-state index >= 15 is 0 Å². The van der Waals surface area contributed by atoms with Gasteiger partial charge in [-0.3, -0.25) is 4.79 Å². The van der Waals surface area contributed by atoms with E-state index in [-0.39, 0.29) is 12.0 Å². The van der Waals surface area contributed by atoms with E-state index in [1.54, 1.807) is 0 Å². The molecule has 0 bridgehead atoms. The number of hydrogen-bond acceptors (Lipinski definition) is 2. The summed E-state index contributed by atoms with van der Waals surface area (Å²) in [7, 11) is 4.14. The molecule has 0 heterocycles. The molecule has 0 N–H and O–H groups in total. The Morgan fingerprint density at radius 1 is 1.00 bits per heavy atom. The lowest BCUT2D eigenvalue weighted by Gasteiger charge is -2.37. The summed E-state index contributed by atoms with van der Waals surface area (Å²) in [6, 6.07) is 10.7. The number of nitrogens with zero attached hydrogens (tertiary/aromatic N) is 2. The molecule has 0 saturated heterocycles. The van der Waals surface area contributed by atoms with Crippen LogP contribution in [0.25, 0.3) is 0 Å². The largest absolute Gasteiger partial charge is 0.374 e. The third kappa shape index (κ3) is 5.98. The van der Waals surface area contributed by atoms with Crippen molar-refractivity contribution in [2.45, 2.75) is 58.4 Å².